The van der Waals surface area contributed by atoms with Crippen molar-refractivity contribution >= 4 is 21.7 Å². The topological polar surface area (TPSA) is 90.6 Å². The molecule has 1 aromatic carbocycles. The van der Waals surface area contributed by atoms with Crippen molar-refractivity contribution in [1.82, 2.24) is 14.2 Å². The number of Topliss-reactive ketones (excluding diaryl/α,β-unsaturated/α-hetero) is 1. The molecule has 30 heavy (non-hydrogen) atoms. The van der Waals surface area contributed by atoms with Crippen LogP contribution in [-0.4, -0.2) is 60.5 Å². The zero-order valence-electron chi connectivity index (χ0n) is 17.8. The maximum atomic E-state index is 13.1. The number of aromatic amines is 1. The highest BCUT2D eigenvalue weighted by Crippen LogP contribution is 2.24. The highest BCUT2D eigenvalue weighted by Gasteiger charge is 2.31. The largest absolute Gasteiger partial charge is 0.354 e. The van der Waals surface area contributed by atoms with E-state index in [4.69, 9.17) is 0 Å². The monoisotopic (exact) mass is 431 g/mol. The molecule has 1 aliphatic heterocycles. The summed E-state index contributed by atoms with van der Waals surface area (Å²) in [6, 6.07) is 9.10. The highest BCUT2D eigenvalue weighted by atomic mass is 32.2. The van der Waals surface area contributed by atoms with Gasteiger partial charge >= 0.3 is 0 Å². The molecule has 1 N–H and O–H groups in total. The van der Waals surface area contributed by atoms with E-state index in [2.05, 4.69) is 4.98 Å². The fraction of sp³-hybridized carbons (Fsp3) is 0.455. The van der Waals surface area contributed by atoms with Crippen molar-refractivity contribution in [1.29, 1.82) is 0 Å². The number of carbonyl (C=O) groups excluding carboxylic acids is 2. The SMILES string of the molecule is CCCc1c(C(=O)N2CCN(S(=O)(=O)Cc3ccccc3)CC2)[nH]c(C)c1C(C)=O. The van der Waals surface area contributed by atoms with Crippen molar-refractivity contribution in [2.45, 2.75) is 39.4 Å². The van der Waals surface area contributed by atoms with Crippen LogP contribution in [-0.2, 0) is 22.2 Å². The molecule has 1 aliphatic rings. The molecule has 1 fully saturated rings. The average molecular weight is 432 g/mol. The number of carbonyl (C=O) groups is 2. The van der Waals surface area contributed by atoms with Gasteiger partial charge in [-0.15, -0.1) is 0 Å². The number of nitrogens with one attached hydrogen (secondary N) is 1. The molecule has 1 amide bonds. The minimum Gasteiger partial charge on any atom is -0.354 e. The molecule has 0 atom stereocenters. The summed E-state index contributed by atoms with van der Waals surface area (Å²) >= 11 is 0. The first-order valence-corrected chi connectivity index (χ1v) is 11.9. The predicted octanol–water partition coefficient (Wildman–Crippen LogP) is 2.77. The van der Waals surface area contributed by atoms with Crippen LogP contribution in [0.2, 0.25) is 0 Å². The zero-order chi connectivity index (χ0) is 21.9. The first-order valence-electron chi connectivity index (χ1n) is 10.3. The number of hydrogen-bond donors (Lipinski definition) is 1. The van der Waals surface area contributed by atoms with Crippen LogP contribution < -0.4 is 0 Å². The summed E-state index contributed by atoms with van der Waals surface area (Å²) < 4.78 is 26.9. The summed E-state index contributed by atoms with van der Waals surface area (Å²) in [5.74, 6) is -0.266. The van der Waals surface area contributed by atoms with Gasteiger partial charge in [0.1, 0.15) is 5.69 Å². The number of piperazine rings is 1. The Balaban J connectivity index is 1.71. The van der Waals surface area contributed by atoms with E-state index in [1.54, 1.807) is 24.0 Å². The fourth-order valence-corrected chi connectivity index (χ4v) is 5.56. The number of amides is 1. The van der Waals surface area contributed by atoms with Crippen LogP contribution in [0, 0.1) is 6.92 Å². The minimum atomic E-state index is -3.44. The van der Waals surface area contributed by atoms with E-state index in [0.29, 0.717) is 36.5 Å². The first kappa shape index (κ1) is 22.2. The number of ketones is 1. The van der Waals surface area contributed by atoms with Crippen molar-refractivity contribution in [3.05, 3.63) is 58.4 Å². The van der Waals surface area contributed by atoms with Crippen LogP contribution >= 0.6 is 0 Å². The number of rotatable bonds is 7. The highest BCUT2D eigenvalue weighted by molar-refractivity contribution is 7.88. The van der Waals surface area contributed by atoms with Crippen LogP contribution in [0.5, 0.6) is 0 Å². The van der Waals surface area contributed by atoms with Gasteiger partial charge in [-0.05, 0) is 31.4 Å². The quantitative estimate of drug-likeness (QED) is 0.683. The van der Waals surface area contributed by atoms with Crippen LogP contribution in [0.1, 0.15) is 57.9 Å². The molecule has 7 nitrogen and oxygen atoms in total. The van der Waals surface area contributed by atoms with Gasteiger partial charge in [0.15, 0.2) is 5.78 Å². The Morgan fingerprint density at radius 3 is 2.27 bits per heavy atom. The van der Waals surface area contributed by atoms with Crippen molar-refractivity contribution < 1.29 is 18.0 Å². The summed E-state index contributed by atoms with van der Waals surface area (Å²) in [4.78, 5) is 30.0. The van der Waals surface area contributed by atoms with E-state index in [0.717, 1.165) is 17.5 Å². The third-order valence-corrected chi connectivity index (χ3v) is 7.32. The maximum Gasteiger partial charge on any atom is 0.270 e. The smallest absolute Gasteiger partial charge is 0.270 e. The van der Waals surface area contributed by atoms with Crippen LogP contribution in [0.4, 0.5) is 0 Å². The average Bonchev–Trinajstić information content (AvgIpc) is 3.04. The molecule has 0 unspecified atom stereocenters. The lowest BCUT2D eigenvalue weighted by atomic mass is 10.0. The van der Waals surface area contributed by atoms with Crippen molar-refractivity contribution in [3.8, 4) is 0 Å². The van der Waals surface area contributed by atoms with Crippen molar-refractivity contribution in [3.63, 3.8) is 0 Å². The van der Waals surface area contributed by atoms with Gasteiger partial charge in [0.05, 0.1) is 5.75 Å². The summed E-state index contributed by atoms with van der Waals surface area (Å²) in [6.45, 7) is 6.52. The van der Waals surface area contributed by atoms with Crippen LogP contribution in [0.15, 0.2) is 30.3 Å². The molecule has 2 heterocycles. The molecule has 0 saturated carbocycles. The number of hydrogen-bond acceptors (Lipinski definition) is 4. The molecule has 2 aromatic rings. The van der Waals surface area contributed by atoms with E-state index >= 15 is 0 Å². The molecular weight excluding hydrogens is 402 g/mol. The first-order chi connectivity index (χ1) is 14.2. The molecular formula is C22H29N3O4S. The van der Waals surface area contributed by atoms with Gasteiger partial charge in [0.25, 0.3) is 5.91 Å². The van der Waals surface area contributed by atoms with Gasteiger partial charge in [0, 0.05) is 37.4 Å². The van der Waals surface area contributed by atoms with E-state index in [1.165, 1.54) is 11.2 Å². The van der Waals surface area contributed by atoms with Gasteiger partial charge in [0.2, 0.25) is 10.0 Å². The van der Waals surface area contributed by atoms with Crippen molar-refractivity contribution in [2.24, 2.45) is 0 Å². The van der Waals surface area contributed by atoms with E-state index in [-0.39, 0.29) is 30.5 Å². The third kappa shape index (κ3) is 4.65. The number of aryl methyl sites for hydroxylation is 1. The molecule has 8 heteroatoms. The van der Waals surface area contributed by atoms with Gasteiger partial charge in [-0.3, -0.25) is 9.59 Å². The van der Waals surface area contributed by atoms with Crippen molar-refractivity contribution in [2.75, 3.05) is 26.2 Å². The van der Waals surface area contributed by atoms with E-state index < -0.39 is 10.0 Å². The number of benzene rings is 1. The van der Waals surface area contributed by atoms with Gasteiger partial charge in [-0.1, -0.05) is 43.7 Å². The zero-order valence-corrected chi connectivity index (χ0v) is 18.6. The lowest BCUT2D eigenvalue weighted by Crippen LogP contribution is -2.51. The number of H-pyrrole nitrogens is 1. The number of aromatic nitrogens is 1. The van der Waals surface area contributed by atoms with E-state index in [9.17, 15) is 18.0 Å². The van der Waals surface area contributed by atoms with Crippen LogP contribution in [0.25, 0.3) is 0 Å². The molecule has 0 aliphatic carbocycles. The maximum absolute atomic E-state index is 13.1. The third-order valence-electron chi connectivity index (χ3n) is 5.47. The van der Waals surface area contributed by atoms with Gasteiger partial charge in [-0.25, -0.2) is 8.42 Å². The van der Waals surface area contributed by atoms with Gasteiger partial charge in [-0.2, -0.15) is 4.31 Å². The Labute approximate surface area is 178 Å². The van der Waals surface area contributed by atoms with E-state index in [1.807, 2.05) is 25.1 Å². The molecule has 1 aromatic heterocycles. The summed E-state index contributed by atoms with van der Waals surface area (Å²) in [6.07, 6.45) is 1.47. The molecule has 0 spiro atoms. The Morgan fingerprint density at radius 2 is 1.70 bits per heavy atom. The lowest BCUT2D eigenvalue weighted by Gasteiger charge is -2.34. The number of nitrogens with zero attached hydrogens (tertiary/aromatic N) is 2. The molecule has 0 bridgehead atoms. The molecule has 3 rings (SSSR count). The predicted molar refractivity (Wildman–Crippen MR) is 116 cm³/mol. The lowest BCUT2D eigenvalue weighted by molar-refractivity contribution is 0.0691. The molecule has 1 saturated heterocycles. The van der Waals surface area contributed by atoms with Crippen LogP contribution in [0.3, 0.4) is 0 Å². The second-order valence-corrected chi connectivity index (χ2v) is 9.69. The molecule has 162 valence electrons. The Kier molecular flexibility index (Phi) is 6.77. The fourth-order valence-electron chi connectivity index (χ4n) is 4.04. The summed E-state index contributed by atoms with van der Waals surface area (Å²) in [7, 11) is -3.44. The standard InChI is InChI=1S/C22H29N3O4S/c1-4-8-19-20(17(3)26)16(2)23-21(19)22(27)24-11-13-25(14-12-24)30(28,29)15-18-9-6-5-7-10-18/h5-7,9-10,23H,4,8,11-15H2,1-3H3. The van der Waals surface area contributed by atoms with Gasteiger partial charge < -0.3 is 9.88 Å². The number of sulfonamides is 1. The Morgan fingerprint density at radius 1 is 1.07 bits per heavy atom. The minimum absolute atomic E-state index is 0.0414. The molecule has 0 radical (unpaired) electrons. The normalized spacial score (nSPS) is 15.4. The Hall–Kier alpha value is -2.45. The second-order valence-electron chi connectivity index (χ2n) is 7.72. The summed E-state index contributed by atoms with van der Waals surface area (Å²) in [5.41, 5.74) is 3.29. The summed E-state index contributed by atoms with van der Waals surface area (Å²) in [5, 5.41) is 0. The Bertz CT molecular complexity index is 1020. The second kappa shape index (κ2) is 9.14.